The summed E-state index contributed by atoms with van der Waals surface area (Å²) in [5.74, 6) is -1.38. The summed E-state index contributed by atoms with van der Waals surface area (Å²) in [6.45, 7) is 5.49. The minimum atomic E-state index is -1.04. The molecule has 0 unspecified atom stereocenters. The van der Waals surface area contributed by atoms with E-state index in [0.29, 0.717) is 6.54 Å². The summed E-state index contributed by atoms with van der Waals surface area (Å²) in [5.41, 5.74) is 0. The van der Waals surface area contributed by atoms with Crippen molar-refractivity contribution in [3.05, 3.63) is 12.7 Å². The summed E-state index contributed by atoms with van der Waals surface area (Å²) in [7, 11) is 0. The minimum absolute atomic E-state index is 0.101. The van der Waals surface area contributed by atoms with Crippen molar-refractivity contribution in [2.45, 2.75) is 13.0 Å². The van der Waals surface area contributed by atoms with Crippen LogP contribution in [0.5, 0.6) is 0 Å². The van der Waals surface area contributed by atoms with E-state index in [0.717, 1.165) is 0 Å². The molecule has 13 heavy (non-hydrogen) atoms. The summed E-state index contributed by atoms with van der Waals surface area (Å²) in [6.07, 6.45) is 1.62. The number of carboxylic acids is 1. The van der Waals surface area contributed by atoms with Gasteiger partial charge < -0.3 is 15.7 Å². The van der Waals surface area contributed by atoms with Crippen molar-refractivity contribution in [2.75, 3.05) is 13.1 Å². The molecule has 74 valence electrons. The fraction of sp³-hybridized carbons (Fsp3) is 0.500. The van der Waals surface area contributed by atoms with Crippen LogP contribution in [-0.4, -0.2) is 36.1 Å². The Morgan fingerprint density at radius 1 is 1.62 bits per heavy atom. The monoisotopic (exact) mass is 186 g/mol. The molecule has 0 fully saturated rings. The summed E-state index contributed by atoms with van der Waals surface area (Å²) >= 11 is 0. The van der Waals surface area contributed by atoms with Gasteiger partial charge in [-0.05, 0) is 6.92 Å². The van der Waals surface area contributed by atoms with Gasteiger partial charge >= 0.3 is 5.97 Å². The average Bonchev–Trinajstić information content (AvgIpc) is 2.04. The quantitative estimate of drug-likeness (QED) is 0.380. The maximum Gasteiger partial charge on any atom is 0.325 e. The Hall–Kier alpha value is -1.36. The lowest BCUT2D eigenvalue weighted by molar-refractivity contribution is -0.141. The number of hydrogen-bond donors (Lipinski definition) is 3. The van der Waals surface area contributed by atoms with E-state index < -0.39 is 12.0 Å². The van der Waals surface area contributed by atoms with Gasteiger partial charge in [0.1, 0.15) is 6.04 Å². The smallest absolute Gasteiger partial charge is 0.325 e. The van der Waals surface area contributed by atoms with Crippen LogP contribution in [0.25, 0.3) is 0 Å². The second-order valence-corrected chi connectivity index (χ2v) is 2.55. The van der Waals surface area contributed by atoms with E-state index in [2.05, 4.69) is 17.2 Å². The highest BCUT2D eigenvalue weighted by atomic mass is 16.4. The molecule has 0 rings (SSSR count). The zero-order chi connectivity index (χ0) is 10.3. The Morgan fingerprint density at radius 3 is 2.69 bits per heavy atom. The van der Waals surface area contributed by atoms with Crippen LogP contribution in [0.15, 0.2) is 12.7 Å². The molecule has 0 aromatic carbocycles. The van der Waals surface area contributed by atoms with E-state index in [1.807, 2.05) is 0 Å². The molecule has 0 aromatic heterocycles. The zero-order valence-corrected chi connectivity index (χ0v) is 7.54. The molecular weight excluding hydrogens is 172 g/mol. The summed E-state index contributed by atoms with van der Waals surface area (Å²) in [5, 5.41) is 13.5. The summed E-state index contributed by atoms with van der Waals surface area (Å²) in [4.78, 5) is 21.3. The second kappa shape index (κ2) is 6.19. The molecular formula is C8H14N2O3. The van der Waals surface area contributed by atoms with Gasteiger partial charge in [0.2, 0.25) is 5.91 Å². The van der Waals surface area contributed by atoms with Gasteiger partial charge in [0.25, 0.3) is 0 Å². The molecule has 1 atom stereocenters. The second-order valence-electron chi connectivity index (χ2n) is 2.55. The van der Waals surface area contributed by atoms with Gasteiger partial charge in [0, 0.05) is 6.54 Å². The highest BCUT2D eigenvalue weighted by Crippen LogP contribution is 1.79. The van der Waals surface area contributed by atoms with Crippen molar-refractivity contribution in [2.24, 2.45) is 0 Å². The molecule has 0 bridgehead atoms. The van der Waals surface area contributed by atoms with Crippen molar-refractivity contribution in [1.82, 2.24) is 10.6 Å². The highest BCUT2D eigenvalue weighted by Gasteiger charge is 2.12. The molecule has 5 heteroatoms. The van der Waals surface area contributed by atoms with Crippen molar-refractivity contribution in [1.29, 1.82) is 0 Å². The van der Waals surface area contributed by atoms with Gasteiger partial charge in [-0.15, -0.1) is 6.58 Å². The predicted molar refractivity (Wildman–Crippen MR) is 48.3 cm³/mol. The molecule has 0 saturated heterocycles. The predicted octanol–water partition coefficient (Wildman–Crippen LogP) is -0.649. The van der Waals surface area contributed by atoms with Crippen LogP contribution >= 0.6 is 0 Å². The van der Waals surface area contributed by atoms with Crippen molar-refractivity contribution in [3.8, 4) is 0 Å². The third kappa shape index (κ3) is 5.86. The van der Waals surface area contributed by atoms with E-state index in [9.17, 15) is 9.59 Å². The Kier molecular flexibility index (Phi) is 5.54. The Labute approximate surface area is 76.8 Å². The number of rotatable bonds is 6. The van der Waals surface area contributed by atoms with Gasteiger partial charge in [0.15, 0.2) is 0 Å². The molecule has 0 aliphatic heterocycles. The number of carboxylic acid groups (broad SMARTS) is 1. The van der Waals surface area contributed by atoms with E-state index in [1.165, 1.54) is 6.92 Å². The lowest BCUT2D eigenvalue weighted by Crippen LogP contribution is -2.42. The van der Waals surface area contributed by atoms with Crippen molar-refractivity contribution < 1.29 is 14.7 Å². The fourth-order valence-electron chi connectivity index (χ4n) is 0.642. The minimum Gasteiger partial charge on any atom is -0.480 e. The molecule has 0 heterocycles. The first-order chi connectivity index (χ1) is 6.07. The lowest BCUT2D eigenvalue weighted by Gasteiger charge is -2.08. The first-order valence-electron chi connectivity index (χ1n) is 3.91. The third-order valence-electron chi connectivity index (χ3n) is 1.32. The fourth-order valence-corrected chi connectivity index (χ4v) is 0.642. The summed E-state index contributed by atoms with van der Waals surface area (Å²) in [6, 6.07) is -0.849. The van der Waals surface area contributed by atoms with E-state index in [4.69, 9.17) is 5.11 Å². The van der Waals surface area contributed by atoms with Crippen molar-refractivity contribution in [3.63, 3.8) is 0 Å². The van der Waals surface area contributed by atoms with E-state index in [-0.39, 0.29) is 12.5 Å². The SMILES string of the molecule is C=CCNCC(=O)N[C@H](C)C(=O)O. The maximum absolute atomic E-state index is 11.0. The van der Waals surface area contributed by atoms with Crippen LogP contribution in [-0.2, 0) is 9.59 Å². The molecule has 0 saturated carbocycles. The molecule has 5 nitrogen and oxygen atoms in total. The molecule has 0 aromatic rings. The third-order valence-corrected chi connectivity index (χ3v) is 1.32. The van der Waals surface area contributed by atoms with Crippen LogP contribution in [0, 0.1) is 0 Å². The van der Waals surface area contributed by atoms with Crippen LogP contribution in [0.2, 0.25) is 0 Å². The Morgan fingerprint density at radius 2 is 2.23 bits per heavy atom. The number of hydrogen-bond acceptors (Lipinski definition) is 3. The largest absolute Gasteiger partial charge is 0.480 e. The number of carbonyl (C=O) groups is 2. The molecule has 0 aliphatic rings. The van der Waals surface area contributed by atoms with Crippen LogP contribution in [0.1, 0.15) is 6.92 Å². The van der Waals surface area contributed by atoms with Crippen LogP contribution < -0.4 is 10.6 Å². The standard InChI is InChI=1S/C8H14N2O3/c1-3-4-9-5-7(11)10-6(2)8(12)13/h3,6,9H,1,4-5H2,2H3,(H,10,11)(H,12,13)/t6-/m1/s1. The number of nitrogens with one attached hydrogen (secondary N) is 2. The van der Waals surface area contributed by atoms with E-state index in [1.54, 1.807) is 6.08 Å². The van der Waals surface area contributed by atoms with Gasteiger partial charge in [-0.25, -0.2) is 0 Å². The van der Waals surface area contributed by atoms with Crippen LogP contribution in [0.3, 0.4) is 0 Å². The zero-order valence-electron chi connectivity index (χ0n) is 7.54. The average molecular weight is 186 g/mol. The lowest BCUT2D eigenvalue weighted by atomic mass is 10.3. The Bertz CT molecular complexity index is 204. The molecule has 0 spiro atoms. The molecule has 1 amide bonds. The van der Waals surface area contributed by atoms with E-state index >= 15 is 0 Å². The van der Waals surface area contributed by atoms with Gasteiger partial charge in [-0.1, -0.05) is 6.08 Å². The summed E-state index contributed by atoms with van der Waals surface area (Å²) < 4.78 is 0. The number of aliphatic carboxylic acids is 1. The molecule has 0 radical (unpaired) electrons. The van der Waals surface area contributed by atoms with Gasteiger partial charge in [-0.2, -0.15) is 0 Å². The number of amides is 1. The van der Waals surface area contributed by atoms with Crippen LogP contribution in [0.4, 0.5) is 0 Å². The Balaban J connectivity index is 3.61. The normalized spacial score (nSPS) is 11.8. The topological polar surface area (TPSA) is 78.4 Å². The first-order valence-corrected chi connectivity index (χ1v) is 3.91. The first kappa shape index (κ1) is 11.6. The highest BCUT2D eigenvalue weighted by molar-refractivity contribution is 5.84. The van der Waals surface area contributed by atoms with Crippen molar-refractivity contribution >= 4 is 11.9 Å². The van der Waals surface area contributed by atoms with Gasteiger partial charge in [-0.3, -0.25) is 9.59 Å². The maximum atomic E-state index is 11.0. The number of carbonyl (C=O) groups excluding carboxylic acids is 1. The molecule has 0 aliphatic carbocycles. The molecule has 3 N–H and O–H groups in total. The van der Waals surface area contributed by atoms with Gasteiger partial charge in [0.05, 0.1) is 6.54 Å².